The van der Waals surface area contributed by atoms with Crippen LogP contribution in [0.4, 0.5) is 4.79 Å². The van der Waals surface area contributed by atoms with Crippen molar-refractivity contribution in [3.63, 3.8) is 0 Å². The Morgan fingerprint density at radius 2 is 1.75 bits per heavy atom. The molecular weight excluding hydrogens is 454 g/mol. The summed E-state index contributed by atoms with van der Waals surface area (Å²) < 4.78 is 13.7. The van der Waals surface area contributed by atoms with Gasteiger partial charge in [0.1, 0.15) is 5.60 Å². The lowest BCUT2D eigenvalue weighted by atomic mass is 9.98. The first kappa shape index (κ1) is 25.1. The largest absolute Gasteiger partial charge is 0.444 e. The minimum atomic E-state index is -0.528. The van der Waals surface area contributed by atoms with Crippen LogP contribution in [0, 0.1) is 11.8 Å². The first-order valence-corrected chi connectivity index (χ1v) is 13.7. The standard InChI is InChI=1S/C29H41N3O4/c1-20-7-12-30(13-8-20)27(33)22-5-6-25-23(17-22)24-19-31(28(34)36-29(2,3)4)14-9-26(24)32(25)18-21-10-15-35-16-11-21/h5-6,17,20-21H,7-16,18-19H2,1-4H3. The molecule has 2 amide bonds. The molecule has 2 saturated heterocycles. The Kier molecular flexibility index (Phi) is 7.03. The van der Waals surface area contributed by atoms with Crippen LogP contribution < -0.4 is 0 Å². The summed E-state index contributed by atoms with van der Waals surface area (Å²) in [5.41, 5.74) is 3.85. The molecule has 0 N–H and O–H groups in total. The fraction of sp³-hybridized carbons (Fsp3) is 0.655. The van der Waals surface area contributed by atoms with Crippen LogP contribution in [0.5, 0.6) is 0 Å². The summed E-state index contributed by atoms with van der Waals surface area (Å²) in [6.07, 6.45) is 4.80. The molecule has 0 aliphatic carbocycles. The number of amides is 2. The van der Waals surface area contributed by atoms with Crippen LogP contribution in [-0.4, -0.2) is 64.8 Å². The fourth-order valence-corrected chi connectivity index (χ4v) is 5.86. The summed E-state index contributed by atoms with van der Waals surface area (Å²) in [7, 11) is 0. The zero-order chi connectivity index (χ0) is 25.4. The van der Waals surface area contributed by atoms with Crippen molar-refractivity contribution in [3.8, 4) is 0 Å². The molecule has 1 aromatic carbocycles. The zero-order valence-corrected chi connectivity index (χ0v) is 22.3. The van der Waals surface area contributed by atoms with Gasteiger partial charge in [0.2, 0.25) is 0 Å². The third kappa shape index (κ3) is 5.26. The number of hydrogen-bond acceptors (Lipinski definition) is 4. The number of aromatic nitrogens is 1. The van der Waals surface area contributed by atoms with Gasteiger partial charge in [0.05, 0.1) is 6.54 Å². The SMILES string of the molecule is CC1CCN(C(=O)c2ccc3c(c2)c2c(n3CC3CCOCC3)CCN(C(=O)OC(C)(C)C)C2)CC1. The first-order chi connectivity index (χ1) is 17.2. The number of carbonyl (C=O) groups excluding carboxylic acids is 2. The van der Waals surface area contributed by atoms with E-state index in [1.807, 2.05) is 36.6 Å². The summed E-state index contributed by atoms with van der Waals surface area (Å²) in [5, 5.41) is 1.10. The molecule has 196 valence electrons. The molecule has 0 saturated carbocycles. The number of benzene rings is 1. The van der Waals surface area contributed by atoms with E-state index in [1.54, 1.807) is 0 Å². The normalized spacial score (nSPS) is 20.0. The highest BCUT2D eigenvalue weighted by Crippen LogP contribution is 2.34. The maximum absolute atomic E-state index is 13.4. The number of carbonyl (C=O) groups is 2. The van der Waals surface area contributed by atoms with E-state index in [9.17, 15) is 9.59 Å². The zero-order valence-electron chi connectivity index (χ0n) is 22.3. The second-order valence-corrected chi connectivity index (χ2v) is 12.0. The molecular formula is C29H41N3O4. The molecule has 0 radical (unpaired) electrons. The molecule has 0 atom stereocenters. The molecule has 0 unspecified atom stereocenters. The van der Waals surface area contributed by atoms with Crippen LogP contribution in [0.25, 0.3) is 10.9 Å². The Balaban J connectivity index is 1.48. The molecule has 4 heterocycles. The van der Waals surface area contributed by atoms with Crippen LogP contribution in [0.3, 0.4) is 0 Å². The molecule has 3 aliphatic rings. The molecule has 2 aromatic rings. The number of piperidine rings is 1. The van der Waals surface area contributed by atoms with Crippen molar-refractivity contribution in [1.82, 2.24) is 14.4 Å². The van der Waals surface area contributed by atoms with Crippen LogP contribution in [0.15, 0.2) is 18.2 Å². The van der Waals surface area contributed by atoms with Gasteiger partial charge >= 0.3 is 6.09 Å². The van der Waals surface area contributed by atoms with Crippen LogP contribution in [0.2, 0.25) is 0 Å². The van der Waals surface area contributed by atoms with Gasteiger partial charge in [-0.1, -0.05) is 6.92 Å². The van der Waals surface area contributed by atoms with Gasteiger partial charge in [0, 0.05) is 73.5 Å². The van der Waals surface area contributed by atoms with Gasteiger partial charge in [-0.15, -0.1) is 0 Å². The van der Waals surface area contributed by atoms with E-state index in [0.717, 1.165) is 81.5 Å². The summed E-state index contributed by atoms with van der Waals surface area (Å²) in [6.45, 7) is 13.4. The van der Waals surface area contributed by atoms with Crippen molar-refractivity contribution >= 4 is 22.9 Å². The predicted octanol–water partition coefficient (Wildman–Crippen LogP) is 5.23. The number of rotatable bonds is 3. The van der Waals surface area contributed by atoms with Gasteiger partial charge < -0.3 is 23.8 Å². The summed E-state index contributed by atoms with van der Waals surface area (Å²) in [5.74, 6) is 1.38. The summed E-state index contributed by atoms with van der Waals surface area (Å²) in [4.78, 5) is 30.1. The Labute approximate surface area is 214 Å². The fourth-order valence-electron chi connectivity index (χ4n) is 5.86. The van der Waals surface area contributed by atoms with E-state index in [4.69, 9.17) is 9.47 Å². The maximum Gasteiger partial charge on any atom is 0.410 e. The second-order valence-electron chi connectivity index (χ2n) is 12.0. The van der Waals surface area contributed by atoms with E-state index in [0.29, 0.717) is 24.9 Å². The lowest BCUT2D eigenvalue weighted by molar-refractivity contribution is 0.0222. The highest BCUT2D eigenvalue weighted by atomic mass is 16.6. The molecule has 2 fully saturated rings. The summed E-state index contributed by atoms with van der Waals surface area (Å²) >= 11 is 0. The van der Waals surface area contributed by atoms with Crippen LogP contribution in [-0.2, 0) is 29.0 Å². The Morgan fingerprint density at radius 3 is 2.44 bits per heavy atom. The molecule has 3 aliphatic heterocycles. The van der Waals surface area contributed by atoms with E-state index >= 15 is 0 Å². The van der Waals surface area contributed by atoms with Gasteiger partial charge in [-0.2, -0.15) is 0 Å². The van der Waals surface area contributed by atoms with Gasteiger partial charge in [-0.3, -0.25) is 4.79 Å². The Hall–Kier alpha value is -2.54. The first-order valence-electron chi connectivity index (χ1n) is 13.7. The molecule has 0 spiro atoms. The van der Waals surface area contributed by atoms with Crippen molar-refractivity contribution in [2.24, 2.45) is 11.8 Å². The van der Waals surface area contributed by atoms with E-state index in [-0.39, 0.29) is 12.0 Å². The van der Waals surface area contributed by atoms with Crippen LogP contribution in [0.1, 0.15) is 75.0 Å². The van der Waals surface area contributed by atoms with E-state index < -0.39 is 5.60 Å². The van der Waals surface area contributed by atoms with Crippen molar-refractivity contribution in [3.05, 3.63) is 35.0 Å². The van der Waals surface area contributed by atoms with Crippen LogP contribution >= 0.6 is 0 Å². The number of hydrogen-bond donors (Lipinski definition) is 0. The lowest BCUT2D eigenvalue weighted by Crippen LogP contribution is -2.40. The van der Waals surface area contributed by atoms with E-state index in [1.165, 1.54) is 11.2 Å². The monoisotopic (exact) mass is 495 g/mol. The van der Waals surface area contributed by atoms with Crippen molar-refractivity contribution < 1.29 is 19.1 Å². The minimum Gasteiger partial charge on any atom is -0.444 e. The third-order valence-corrected chi connectivity index (χ3v) is 8.01. The van der Waals surface area contributed by atoms with Crippen molar-refractivity contribution in [1.29, 1.82) is 0 Å². The molecule has 36 heavy (non-hydrogen) atoms. The topological polar surface area (TPSA) is 64.0 Å². The van der Waals surface area contributed by atoms with Crippen molar-refractivity contribution in [2.75, 3.05) is 32.8 Å². The average molecular weight is 496 g/mol. The smallest absolute Gasteiger partial charge is 0.410 e. The highest BCUT2D eigenvalue weighted by Gasteiger charge is 2.31. The van der Waals surface area contributed by atoms with Gasteiger partial charge in [0.25, 0.3) is 5.91 Å². The number of nitrogens with zero attached hydrogens (tertiary/aromatic N) is 3. The van der Waals surface area contributed by atoms with Gasteiger partial charge in [0.15, 0.2) is 0 Å². The molecule has 1 aromatic heterocycles. The number of ether oxygens (including phenoxy) is 2. The second kappa shape index (κ2) is 10.1. The number of likely N-dealkylation sites (tertiary alicyclic amines) is 1. The average Bonchev–Trinajstić information content (AvgIpc) is 3.16. The van der Waals surface area contributed by atoms with Gasteiger partial charge in [-0.05, 0) is 76.5 Å². The van der Waals surface area contributed by atoms with Gasteiger partial charge in [-0.25, -0.2) is 4.79 Å². The Morgan fingerprint density at radius 1 is 1.03 bits per heavy atom. The van der Waals surface area contributed by atoms with E-state index in [2.05, 4.69) is 23.6 Å². The predicted molar refractivity (Wildman–Crippen MR) is 140 cm³/mol. The van der Waals surface area contributed by atoms with Crippen molar-refractivity contribution in [2.45, 2.75) is 78.5 Å². The Bertz CT molecular complexity index is 1120. The maximum atomic E-state index is 13.4. The molecule has 7 heteroatoms. The quantitative estimate of drug-likeness (QED) is 0.585. The third-order valence-electron chi connectivity index (χ3n) is 8.01. The molecule has 7 nitrogen and oxygen atoms in total. The molecule has 5 rings (SSSR count). The molecule has 0 bridgehead atoms. The number of fused-ring (bicyclic) bond motifs is 3. The highest BCUT2D eigenvalue weighted by molar-refractivity contribution is 5.99. The summed E-state index contributed by atoms with van der Waals surface area (Å²) in [6, 6.07) is 6.21. The minimum absolute atomic E-state index is 0.120. The lowest BCUT2D eigenvalue weighted by Gasteiger charge is -2.31.